The molecule has 0 bridgehead atoms. The van der Waals surface area contributed by atoms with Gasteiger partial charge in [0.1, 0.15) is 5.60 Å². The van der Waals surface area contributed by atoms with Gasteiger partial charge in [-0.15, -0.1) is 0 Å². The minimum absolute atomic E-state index is 0.218. The average Bonchev–Trinajstić information content (AvgIpc) is 2.59. The molecule has 0 N–H and O–H groups in total. The van der Waals surface area contributed by atoms with Crippen LogP contribution in [0.5, 0.6) is 0 Å². The lowest BCUT2D eigenvalue weighted by atomic mass is 9.95. The third-order valence-corrected chi connectivity index (χ3v) is 6.50. The van der Waals surface area contributed by atoms with E-state index >= 15 is 0 Å². The molecule has 0 spiro atoms. The van der Waals surface area contributed by atoms with Gasteiger partial charge in [-0.1, -0.05) is 12.1 Å². The van der Waals surface area contributed by atoms with Crippen LogP contribution in [0.25, 0.3) is 0 Å². The summed E-state index contributed by atoms with van der Waals surface area (Å²) in [4.78, 5) is 14.8. The molecule has 1 atom stereocenters. The van der Waals surface area contributed by atoms with E-state index in [0.717, 1.165) is 43.0 Å². The van der Waals surface area contributed by atoms with Crippen LogP contribution in [0.1, 0.15) is 45.6 Å². The highest BCUT2D eigenvalue weighted by Crippen LogP contribution is 2.23. The van der Waals surface area contributed by atoms with Crippen molar-refractivity contribution in [2.24, 2.45) is 5.92 Å². The second-order valence-corrected chi connectivity index (χ2v) is 10.3. The number of benzene rings is 1. The molecule has 4 nitrogen and oxygen atoms in total. The van der Waals surface area contributed by atoms with E-state index in [4.69, 9.17) is 4.74 Å². The molecule has 1 aromatic rings. The van der Waals surface area contributed by atoms with Gasteiger partial charge in [0.25, 0.3) is 0 Å². The Kier molecular flexibility index (Phi) is 8.02. The number of thioether (sulfide) groups is 1. The smallest absolute Gasteiger partial charge is 0.410 e. The Morgan fingerprint density at radius 2 is 1.85 bits per heavy atom. The van der Waals surface area contributed by atoms with Gasteiger partial charge in [-0.05, 0) is 69.9 Å². The first-order valence-corrected chi connectivity index (χ1v) is 11.9. The summed E-state index contributed by atoms with van der Waals surface area (Å²) in [6.45, 7) is 7.13. The lowest BCUT2D eigenvalue weighted by Crippen LogP contribution is -2.41. The van der Waals surface area contributed by atoms with E-state index in [-0.39, 0.29) is 6.09 Å². The van der Waals surface area contributed by atoms with Crippen LogP contribution < -0.4 is 0 Å². The molecule has 1 unspecified atom stereocenters. The first-order chi connectivity index (χ1) is 12.3. The summed E-state index contributed by atoms with van der Waals surface area (Å²) in [5.74, 6) is 2.22. The Hall–Kier alpha value is -1.01. The van der Waals surface area contributed by atoms with Crippen LogP contribution in [0, 0.1) is 5.92 Å². The molecule has 1 aliphatic rings. The molecule has 1 aliphatic heterocycles. The average molecular weight is 398 g/mol. The number of piperidine rings is 1. The van der Waals surface area contributed by atoms with Crippen molar-refractivity contribution >= 4 is 28.7 Å². The highest BCUT2D eigenvalue weighted by atomic mass is 32.2. The first kappa shape index (κ1) is 21.3. The standard InChI is InChI=1S/C20H31NO3S2/c1-20(2,3)24-19(22)21-12-9-16(10-13-21)11-14-26(23)18-7-5-17(6-8-18)15-25-4/h5-8,16H,9-15H2,1-4H3. The molecule has 0 aromatic heterocycles. The molecule has 0 radical (unpaired) electrons. The van der Waals surface area contributed by atoms with Crippen LogP contribution >= 0.6 is 11.8 Å². The van der Waals surface area contributed by atoms with Crippen molar-refractivity contribution in [3.63, 3.8) is 0 Å². The second kappa shape index (κ2) is 9.79. The van der Waals surface area contributed by atoms with Gasteiger partial charge in [-0.25, -0.2) is 4.79 Å². The SMILES string of the molecule is CSCc1ccc(S(=O)CCC2CCN(C(=O)OC(C)(C)C)CC2)cc1. The number of nitrogens with zero attached hydrogens (tertiary/aromatic N) is 1. The predicted octanol–water partition coefficient (Wildman–Crippen LogP) is 4.69. The molecule has 146 valence electrons. The fourth-order valence-electron chi connectivity index (χ4n) is 3.03. The van der Waals surface area contributed by atoms with Crippen LogP contribution in [0.15, 0.2) is 29.2 Å². The van der Waals surface area contributed by atoms with Gasteiger partial charge in [0.05, 0.1) is 10.8 Å². The number of hydrogen-bond acceptors (Lipinski definition) is 4. The number of carbonyl (C=O) groups excluding carboxylic acids is 1. The van der Waals surface area contributed by atoms with Crippen molar-refractivity contribution in [1.29, 1.82) is 0 Å². The maximum atomic E-state index is 12.5. The number of rotatable bonds is 6. The molecule has 1 aromatic carbocycles. The first-order valence-electron chi connectivity index (χ1n) is 9.22. The van der Waals surface area contributed by atoms with Gasteiger partial charge in [0.2, 0.25) is 0 Å². The van der Waals surface area contributed by atoms with Crippen LogP contribution in [0.2, 0.25) is 0 Å². The molecule has 26 heavy (non-hydrogen) atoms. The monoisotopic (exact) mass is 397 g/mol. The minimum Gasteiger partial charge on any atom is -0.444 e. The van der Waals surface area contributed by atoms with Gasteiger partial charge >= 0.3 is 6.09 Å². The quantitative estimate of drug-likeness (QED) is 0.698. The zero-order valence-corrected chi connectivity index (χ0v) is 18.0. The summed E-state index contributed by atoms with van der Waals surface area (Å²) in [7, 11) is -0.940. The number of hydrogen-bond donors (Lipinski definition) is 0. The predicted molar refractivity (Wildman–Crippen MR) is 110 cm³/mol. The van der Waals surface area contributed by atoms with Crippen molar-refractivity contribution < 1.29 is 13.7 Å². The fraction of sp³-hybridized carbons (Fsp3) is 0.650. The molecule has 0 aliphatic carbocycles. The largest absolute Gasteiger partial charge is 0.444 e. The molecular weight excluding hydrogens is 366 g/mol. The Labute approximate surface area is 164 Å². The molecule has 2 rings (SSSR count). The third-order valence-electron chi connectivity index (χ3n) is 4.47. The van der Waals surface area contributed by atoms with E-state index < -0.39 is 16.4 Å². The fourth-order valence-corrected chi connectivity index (χ4v) is 4.77. The van der Waals surface area contributed by atoms with E-state index in [1.165, 1.54) is 5.56 Å². The zero-order valence-electron chi connectivity index (χ0n) is 16.3. The minimum atomic E-state index is -0.940. The van der Waals surface area contributed by atoms with Gasteiger partial charge in [0.15, 0.2) is 0 Å². The highest BCUT2D eigenvalue weighted by molar-refractivity contribution is 7.97. The van der Waals surface area contributed by atoms with E-state index in [0.29, 0.717) is 11.7 Å². The normalized spacial score (nSPS) is 17.2. The molecule has 6 heteroatoms. The van der Waals surface area contributed by atoms with Crippen molar-refractivity contribution in [2.75, 3.05) is 25.1 Å². The molecule has 1 saturated heterocycles. The summed E-state index contributed by atoms with van der Waals surface area (Å²) in [5, 5.41) is 0. The van der Waals surface area contributed by atoms with Crippen LogP contribution in [-0.4, -0.2) is 45.9 Å². The summed E-state index contributed by atoms with van der Waals surface area (Å²) >= 11 is 1.79. The summed E-state index contributed by atoms with van der Waals surface area (Å²) in [6.07, 6.45) is 4.73. The van der Waals surface area contributed by atoms with Crippen LogP contribution in [0.4, 0.5) is 4.79 Å². The summed E-state index contributed by atoms with van der Waals surface area (Å²) in [6, 6.07) is 8.13. The number of ether oxygens (including phenoxy) is 1. The summed E-state index contributed by atoms with van der Waals surface area (Å²) < 4.78 is 17.9. The number of carbonyl (C=O) groups is 1. The van der Waals surface area contributed by atoms with Crippen molar-refractivity contribution in [3.8, 4) is 0 Å². The Morgan fingerprint density at radius 3 is 2.38 bits per heavy atom. The van der Waals surface area contributed by atoms with Crippen molar-refractivity contribution in [1.82, 2.24) is 4.90 Å². The van der Waals surface area contributed by atoms with E-state index in [1.54, 1.807) is 16.7 Å². The Balaban J connectivity index is 1.74. The van der Waals surface area contributed by atoms with Gasteiger partial charge < -0.3 is 9.64 Å². The van der Waals surface area contributed by atoms with Crippen molar-refractivity contribution in [3.05, 3.63) is 29.8 Å². The van der Waals surface area contributed by atoms with Gasteiger partial charge in [-0.3, -0.25) is 4.21 Å². The lowest BCUT2D eigenvalue weighted by molar-refractivity contribution is 0.0183. The highest BCUT2D eigenvalue weighted by Gasteiger charge is 2.26. The van der Waals surface area contributed by atoms with Crippen LogP contribution in [0.3, 0.4) is 0 Å². The number of amides is 1. The molecule has 1 amide bonds. The molecule has 1 heterocycles. The van der Waals surface area contributed by atoms with Crippen LogP contribution in [-0.2, 0) is 21.3 Å². The second-order valence-electron chi connectivity index (χ2n) is 7.83. The van der Waals surface area contributed by atoms with E-state index in [1.807, 2.05) is 32.9 Å². The topological polar surface area (TPSA) is 46.6 Å². The molecule has 0 saturated carbocycles. The van der Waals surface area contributed by atoms with E-state index in [2.05, 4.69) is 18.4 Å². The van der Waals surface area contributed by atoms with Gasteiger partial charge in [0, 0.05) is 29.5 Å². The van der Waals surface area contributed by atoms with Crippen molar-refractivity contribution in [2.45, 2.75) is 56.3 Å². The molecular formula is C20H31NO3S2. The maximum Gasteiger partial charge on any atom is 0.410 e. The maximum absolute atomic E-state index is 12.5. The Morgan fingerprint density at radius 1 is 1.23 bits per heavy atom. The number of likely N-dealkylation sites (tertiary alicyclic amines) is 1. The Bertz CT molecular complexity index is 602. The third kappa shape index (κ3) is 6.95. The zero-order chi connectivity index (χ0) is 19.2. The lowest BCUT2D eigenvalue weighted by Gasteiger charge is -2.33. The van der Waals surface area contributed by atoms with E-state index in [9.17, 15) is 9.00 Å². The molecule has 1 fully saturated rings. The summed E-state index contributed by atoms with van der Waals surface area (Å²) in [5.41, 5.74) is 0.823. The van der Waals surface area contributed by atoms with Gasteiger partial charge in [-0.2, -0.15) is 11.8 Å².